The van der Waals surface area contributed by atoms with E-state index in [0.29, 0.717) is 35.1 Å². The van der Waals surface area contributed by atoms with Crippen LogP contribution in [-0.2, 0) is 11.3 Å². The number of likely N-dealkylation sites (tertiary alicyclic amines) is 1. The number of H-pyrrole nitrogens is 1. The van der Waals surface area contributed by atoms with E-state index in [-0.39, 0.29) is 17.5 Å². The number of aromatic amines is 1. The standard InChI is InChI=1S/C20H28N4O2/c1-13-9-14(2)11-24(10-13)20(26)15(3)23(4)12-18-21-17-8-6-5-7-16(17)19(25)22-18/h5-8,13-15H,9-12H2,1-4H3,(H,21,22,25). The number of piperidine rings is 1. The van der Waals surface area contributed by atoms with E-state index < -0.39 is 0 Å². The summed E-state index contributed by atoms with van der Waals surface area (Å²) < 4.78 is 0. The van der Waals surface area contributed by atoms with Crippen molar-refractivity contribution in [3.8, 4) is 0 Å². The van der Waals surface area contributed by atoms with E-state index in [1.54, 1.807) is 6.07 Å². The van der Waals surface area contributed by atoms with Gasteiger partial charge in [-0.1, -0.05) is 26.0 Å². The van der Waals surface area contributed by atoms with Gasteiger partial charge in [-0.05, 0) is 44.4 Å². The number of carbonyl (C=O) groups excluding carboxylic acids is 1. The number of benzene rings is 1. The number of likely N-dealkylation sites (N-methyl/N-ethyl adjacent to an activating group) is 1. The molecule has 1 aromatic carbocycles. The van der Waals surface area contributed by atoms with Crippen LogP contribution in [0.2, 0.25) is 0 Å². The normalized spacial score (nSPS) is 22.0. The van der Waals surface area contributed by atoms with Crippen LogP contribution in [-0.4, -0.2) is 51.9 Å². The average molecular weight is 356 g/mol. The summed E-state index contributed by atoms with van der Waals surface area (Å²) in [7, 11) is 1.90. The molecule has 0 radical (unpaired) electrons. The van der Waals surface area contributed by atoms with Gasteiger partial charge in [0.25, 0.3) is 5.56 Å². The van der Waals surface area contributed by atoms with Crippen molar-refractivity contribution in [2.75, 3.05) is 20.1 Å². The predicted molar refractivity (Wildman–Crippen MR) is 103 cm³/mol. The van der Waals surface area contributed by atoms with Crippen LogP contribution in [0.5, 0.6) is 0 Å². The minimum absolute atomic E-state index is 0.142. The fourth-order valence-electron chi connectivity index (χ4n) is 3.88. The van der Waals surface area contributed by atoms with Crippen LogP contribution < -0.4 is 5.56 Å². The molecule has 0 saturated carbocycles. The number of para-hydroxylation sites is 1. The monoisotopic (exact) mass is 356 g/mol. The number of amides is 1. The molecule has 2 aromatic rings. The first-order valence-corrected chi connectivity index (χ1v) is 9.32. The van der Waals surface area contributed by atoms with Crippen LogP contribution >= 0.6 is 0 Å². The molecule has 1 amide bonds. The third-order valence-electron chi connectivity index (χ3n) is 5.26. The fraction of sp³-hybridized carbons (Fsp3) is 0.550. The molecule has 0 spiro atoms. The number of carbonyl (C=O) groups is 1. The zero-order valence-electron chi connectivity index (χ0n) is 16.0. The highest BCUT2D eigenvalue weighted by molar-refractivity contribution is 5.81. The molecule has 3 rings (SSSR count). The van der Waals surface area contributed by atoms with Crippen molar-refractivity contribution in [2.24, 2.45) is 11.8 Å². The number of nitrogens with zero attached hydrogens (tertiary/aromatic N) is 3. The maximum Gasteiger partial charge on any atom is 0.258 e. The summed E-state index contributed by atoms with van der Waals surface area (Å²) in [6.45, 7) is 8.40. The molecule has 6 heteroatoms. The van der Waals surface area contributed by atoms with Crippen molar-refractivity contribution in [1.29, 1.82) is 0 Å². The summed E-state index contributed by atoms with van der Waals surface area (Å²) in [6.07, 6.45) is 1.18. The summed E-state index contributed by atoms with van der Waals surface area (Å²) in [4.78, 5) is 36.4. The molecule has 26 heavy (non-hydrogen) atoms. The Morgan fingerprint density at radius 2 is 1.96 bits per heavy atom. The molecule has 3 unspecified atom stereocenters. The first-order valence-electron chi connectivity index (χ1n) is 9.32. The van der Waals surface area contributed by atoms with Gasteiger partial charge < -0.3 is 9.88 Å². The van der Waals surface area contributed by atoms with E-state index in [4.69, 9.17) is 0 Å². The van der Waals surface area contributed by atoms with Gasteiger partial charge in [0.1, 0.15) is 5.82 Å². The fourth-order valence-corrected chi connectivity index (χ4v) is 3.88. The number of hydrogen-bond donors (Lipinski definition) is 1. The SMILES string of the molecule is CC1CC(C)CN(C(=O)C(C)N(C)Cc2nc3ccccc3c(=O)[nH]2)C1. The minimum atomic E-state index is -0.260. The van der Waals surface area contributed by atoms with E-state index in [0.717, 1.165) is 13.1 Å². The van der Waals surface area contributed by atoms with Crippen LogP contribution in [0.25, 0.3) is 10.9 Å². The lowest BCUT2D eigenvalue weighted by Crippen LogP contribution is -2.50. The highest BCUT2D eigenvalue weighted by Crippen LogP contribution is 2.22. The Kier molecular flexibility index (Phi) is 5.41. The largest absolute Gasteiger partial charge is 0.341 e. The van der Waals surface area contributed by atoms with Crippen molar-refractivity contribution in [3.05, 3.63) is 40.4 Å². The average Bonchev–Trinajstić information content (AvgIpc) is 2.59. The number of aromatic nitrogens is 2. The van der Waals surface area contributed by atoms with E-state index >= 15 is 0 Å². The predicted octanol–water partition coefficient (Wildman–Crippen LogP) is 2.25. The van der Waals surface area contributed by atoms with Crippen molar-refractivity contribution in [1.82, 2.24) is 19.8 Å². The molecule has 1 N–H and O–H groups in total. The van der Waals surface area contributed by atoms with E-state index in [1.807, 2.05) is 42.0 Å². The molecule has 0 aliphatic carbocycles. The lowest BCUT2D eigenvalue weighted by Gasteiger charge is -2.38. The van der Waals surface area contributed by atoms with Crippen LogP contribution in [0.3, 0.4) is 0 Å². The number of nitrogens with one attached hydrogen (secondary N) is 1. The zero-order valence-corrected chi connectivity index (χ0v) is 16.0. The van der Waals surface area contributed by atoms with Crippen molar-refractivity contribution < 1.29 is 4.79 Å². The van der Waals surface area contributed by atoms with Gasteiger partial charge in [0, 0.05) is 13.1 Å². The summed E-state index contributed by atoms with van der Waals surface area (Å²) in [5, 5.41) is 0.583. The summed E-state index contributed by atoms with van der Waals surface area (Å²) in [5.74, 6) is 1.81. The Morgan fingerprint density at radius 1 is 1.31 bits per heavy atom. The summed E-state index contributed by atoms with van der Waals surface area (Å²) in [5.41, 5.74) is 0.536. The minimum Gasteiger partial charge on any atom is -0.341 e. The van der Waals surface area contributed by atoms with E-state index in [9.17, 15) is 9.59 Å². The number of rotatable bonds is 4. The zero-order chi connectivity index (χ0) is 18.8. The highest BCUT2D eigenvalue weighted by Gasteiger charge is 2.30. The molecule has 0 bridgehead atoms. The smallest absolute Gasteiger partial charge is 0.258 e. The van der Waals surface area contributed by atoms with E-state index in [1.165, 1.54) is 6.42 Å². The Balaban J connectivity index is 1.72. The molecule has 6 nitrogen and oxygen atoms in total. The Morgan fingerprint density at radius 3 is 2.65 bits per heavy atom. The molecular weight excluding hydrogens is 328 g/mol. The molecule has 1 aliphatic rings. The third kappa shape index (κ3) is 3.96. The van der Waals surface area contributed by atoms with Crippen molar-refractivity contribution >= 4 is 16.8 Å². The molecule has 3 atom stereocenters. The maximum absolute atomic E-state index is 12.9. The topological polar surface area (TPSA) is 69.3 Å². The Bertz CT molecular complexity index is 837. The molecule has 2 heterocycles. The van der Waals surface area contributed by atoms with Crippen LogP contribution in [0.1, 0.15) is 33.0 Å². The lowest BCUT2D eigenvalue weighted by molar-refractivity contribution is -0.138. The second-order valence-corrected chi connectivity index (χ2v) is 7.81. The Hall–Kier alpha value is -2.21. The molecule has 1 aromatic heterocycles. The van der Waals surface area contributed by atoms with Gasteiger partial charge in [0.15, 0.2) is 0 Å². The first kappa shape index (κ1) is 18.6. The van der Waals surface area contributed by atoms with Crippen molar-refractivity contribution in [3.63, 3.8) is 0 Å². The summed E-state index contributed by atoms with van der Waals surface area (Å²) in [6, 6.07) is 7.03. The van der Waals surface area contributed by atoms with Gasteiger partial charge in [0.2, 0.25) is 5.91 Å². The molecule has 1 aliphatic heterocycles. The molecule has 1 fully saturated rings. The van der Waals surface area contributed by atoms with Gasteiger partial charge in [-0.25, -0.2) is 4.98 Å². The molecule has 1 saturated heterocycles. The maximum atomic E-state index is 12.9. The Labute approximate surface area is 154 Å². The molecular formula is C20H28N4O2. The van der Waals surface area contributed by atoms with Crippen LogP contribution in [0.15, 0.2) is 29.1 Å². The van der Waals surface area contributed by atoms with Gasteiger partial charge >= 0.3 is 0 Å². The molecule has 140 valence electrons. The summed E-state index contributed by atoms with van der Waals surface area (Å²) >= 11 is 0. The third-order valence-corrected chi connectivity index (χ3v) is 5.26. The van der Waals surface area contributed by atoms with Gasteiger partial charge in [-0.3, -0.25) is 14.5 Å². The van der Waals surface area contributed by atoms with Gasteiger partial charge in [0.05, 0.1) is 23.5 Å². The second kappa shape index (κ2) is 7.58. The van der Waals surface area contributed by atoms with Crippen molar-refractivity contribution in [2.45, 2.75) is 39.8 Å². The highest BCUT2D eigenvalue weighted by atomic mass is 16.2. The second-order valence-electron chi connectivity index (χ2n) is 7.81. The van der Waals surface area contributed by atoms with Crippen LogP contribution in [0.4, 0.5) is 0 Å². The number of hydrogen-bond acceptors (Lipinski definition) is 4. The van der Waals surface area contributed by atoms with Gasteiger partial charge in [-0.15, -0.1) is 0 Å². The number of fused-ring (bicyclic) bond motifs is 1. The lowest BCUT2D eigenvalue weighted by atomic mass is 9.91. The van der Waals surface area contributed by atoms with E-state index in [2.05, 4.69) is 23.8 Å². The van der Waals surface area contributed by atoms with Crippen LogP contribution in [0, 0.1) is 11.8 Å². The van der Waals surface area contributed by atoms with Gasteiger partial charge in [-0.2, -0.15) is 0 Å². The first-order chi connectivity index (χ1) is 12.3. The quantitative estimate of drug-likeness (QED) is 0.912.